The molecule has 1 saturated heterocycles. The molecular weight excluding hydrogens is 497 g/mol. The summed E-state index contributed by atoms with van der Waals surface area (Å²) in [6.45, 7) is 39.8. The van der Waals surface area contributed by atoms with E-state index >= 15 is 0 Å². The summed E-state index contributed by atoms with van der Waals surface area (Å²) in [6, 6.07) is 0. The van der Waals surface area contributed by atoms with E-state index in [1.807, 2.05) is 0 Å². The van der Waals surface area contributed by atoms with Crippen molar-refractivity contribution in [3.8, 4) is 0 Å². The van der Waals surface area contributed by atoms with Gasteiger partial charge < -0.3 is 18.0 Å². The zero-order valence-corrected chi connectivity index (χ0v) is 30.1. The van der Waals surface area contributed by atoms with Gasteiger partial charge in [0.1, 0.15) is 0 Å². The van der Waals surface area contributed by atoms with Gasteiger partial charge in [0, 0.05) is 12.3 Å². The molecule has 1 aliphatic heterocycles. The normalized spacial score (nSPS) is 26.5. The van der Waals surface area contributed by atoms with E-state index in [1.165, 1.54) is 0 Å². The van der Waals surface area contributed by atoms with Crippen LogP contribution < -0.4 is 0 Å². The van der Waals surface area contributed by atoms with E-state index in [1.54, 1.807) is 0 Å². The molecule has 0 unspecified atom stereocenters. The van der Waals surface area contributed by atoms with Crippen molar-refractivity contribution in [1.29, 1.82) is 0 Å². The molecule has 1 aliphatic rings. The molecular formula is C29H62O4Si3. The number of rotatable bonds is 9. The standard InChI is InChI=1S/C29H62O4Si3/c1-18-19-23-22(2)24(32-35(14,15)28(6,7)8)20-25(31-23)26(33-36(16,17)29(9,10)11)21-30-34(12,13)27(3,4)5/h18-19,22-26H,20-21H2,1-17H3/b19-18+/t22-,23+,24+,25+,26-/m0/s1. The van der Waals surface area contributed by atoms with Crippen LogP contribution in [-0.4, -0.2) is 56.0 Å². The second-order valence-corrected chi connectivity index (χ2v) is 30.0. The Bertz CT molecular complexity index is 726. The molecule has 0 spiro atoms. The predicted octanol–water partition coefficient (Wildman–Crippen LogP) is 9.16. The molecule has 214 valence electrons. The molecule has 1 rings (SSSR count). The Labute approximate surface area is 228 Å². The first kappa shape index (κ1) is 34.3. The highest BCUT2D eigenvalue weighted by atomic mass is 28.4. The highest BCUT2D eigenvalue weighted by molar-refractivity contribution is 6.75. The Morgan fingerprint density at radius 1 is 0.806 bits per heavy atom. The molecule has 36 heavy (non-hydrogen) atoms. The largest absolute Gasteiger partial charge is 0.414 e. The van der Waals surface area contributed by atoms with Crippen molar-refractivity contribution >= 4 is 25.0 Å². The SMILES string of the molecule is C/C=C/[C@H]1O[C@@H]([C@H](CO[Si](C)(C)C(C)(C)C)O[Si](C)(C)C(C)(C)C)C[C@@H](O[Si](C)(C)C(C)(C)C)[C@H]1C. The highest BCUT2D eigenvalue weighted by Gasteiger charge is 2.48. The number of ether oxygens (including phenoxy) is 1. The maximum absolute atomic E-state index is 7.10. The topological polar surface area (TPSA) is 36.9 Å². The van der Waals surface area contributed by atoms with Gasteiger partial charge in [-0.1, -0.05) is 81.4 Å². The monoisotopic (exact) mass is 558 g/mol. The van der Waals surface area contributed by atoms with Crippen molar-refractivity contribution in [2.24, 2.45) is 5.92 Å². The molecule has 0 bridgehead atoms. The summed E-state index contributed by atoms with van der Waals surface area (Å²) in [5, 5.41) is 0.432. The lowest BCUT2D eigenvalue weighted by atomic mass is 9.88. The number of hydrogen-bond donors (Lipinski definition) is 0. The lowest BCUT2D eigenvalue weighted by Gasteiger charge is -2.49. The van der Waals surface area contributed by atoms with Crippen LogP contribution in [0.2, 0.25) is 54.4 Å². The summed E-state index contributed by atoms with van der Waals surface area (Å²) in [6.07, 6.45) is 5.16. The van der Waals surface area contributed by atoms with Gasteiger partial charge in [0.25, 0.3) is 0 Å². The van der Waals surface area contributed by atoms with Gasteiger partial charge in [0.05, 0.1) is 31.0 Å². The summed E-state index contributed by atoms with van der Waals surface area (Å²) < 4.78 is 27.8. The maximum Gasteiger partial charge on any atom is 0.192 e. The fourth-order valence-electron chi connectivity index (χ4n) is 3.68. The summed E-state index contributed by atoms with van der Waals surface area (Å²) in [7, 11) is -5.92. The molecule has 7 heteroatoms. The van der Waals surface area contributed by atoms with Crippen molar-refractivity contribution in [2.75, 3.05) is 6.61 Å². The van der Waals surface area contributed by atoms with E-state index in [0.29, 0.717) is 12.5 Å². The van der Waals surface area contributed by atoms with Crippen LogP contribution in [0.5, 0.6) is 0 Å². The van der Waals surface area contributed by atoms with Gasteiger partial charge in [-0.3, -0.25) is 0 Å². The first-order valence-corrected chi connectivity index (χ1v) is 22.9. The second-order valence-electron chi connectivity index (χ2n) is 15.7. The van der Waals surface area contributed by atoms with Crippen LogP contribution >= 0.6 is 0 Å². The minimum Gasteiger partial charge on any atom is -0.414 e. The zero-order valence-electron chi connectivity index (χ0n) is 27.1. The van der Waals surface area contributed by atoms with Gasteiger partial charge in [-0.15, -0.1) is 0 Å². The quantitative estimate of drug-likeness (QED) is 0.209. The average Bonchev–Trinajstić information content (AvgIpc) is 2.65. The third kappa shape index (κ3) is 8.62. The molecule has 5 atom stereocenters. The Balaban J connectivity index is 3.39. The highest BCUT2D eigenvalue weighted by Crippen LogP contribution is 2.43. The Morgan fingerprint density at radius 2 is 1.28 bits per heavy atom. The van der Waals surface area contributed by atoms with Crippen LogP contribution in [0.25, 0.3) is 0 Å². The van der Waals surface area contributed by atoms with E-state index in [-0.39, 0.29) is 39.5 Å². The molecule has 0 saturated carbocycles. The minimum atomic E-state index is -2.05. The van der Waals surface area contributed by atoms with Gasteiger partial charge in [0.2, 0.25) is 0 Å². The lowest BCUT2D eigenvalue weighted by molar-refractivity contribution is -0.147. The molecule has 0 radical (unpaired) electrons. The van der Waals surface area contributed by atoms with Crippen molar-refractivity contribution in [1.82, 2.24) is 0 Å². The smallest absolute Gasteiger partial charge is 0.192 e. The molecule has 0 aromatic heterocycles. The van der Waals surface area contributed by atoms with Crippen LogP contribution in [-0.2, 0) is 18.0 Å². The molecule has 0 aromatic rings. The van der Waals surface area contributed by atoms with Gasteiger partial charge >= 0.3 is 0 Å². The minimum absolute atomic E-state index is 0.0157. The molecule has 0 aromatic carbocycles. The summed E-state index contributed by atoms with van der Waals surface area (Å²) in [5.74, 6) is 0.293. The third-order valence-corrected chi connectivity index (χ3v) is 23.1. The van der Waals surface area contributed by atoms with Crippen molar-refractivity contribution < 1.29 is 18.0 Å². The Kier molecular flexibility index (Phi) is 11.2. The van der Waals surface area contributed by atoms with E-state index < -0.39 is 25.0 Å². The maximum atomic E-state index is 7.10. The first-order valence-electron chi connectivity index (χ1n) is 14.1. The van der Waals surface area contributed by atoms with E-state index in [9.17, 15) is 0 Å². The van der Waals surface area contributed by atoms with E-state index in [4.69, 9.17) is 18.0 Å². The Morgan fingerprint density at radius 3 is 1.69 bits per heavy atom. The average molecular weight is 559 g/mol. The Hall–Kier alpha value is 0.231. The van der Waals surface area contributed by atoms with E-state index in [0.717, 1.165) is 6.42 Å². The van der Waals surface area contributed by atoms with Crippen LogP contribution in [0.1, 0.15) is 82.6 Å². The van der Waals surface area contributed by atoms with Gasteiger partial charge in [-0.25, -0.2) is 0 Å². The van der Waals surface area contributed by atoms with Crippen molar-refractivity contribution in [3.63, 3.8) is 0 Å². The number of hydrogen-bond acceptors (Lipinski definition) is 4. The summed E-state index contributed by atoms with van der Waals surface area (Å²) in [4.78, 5) is 0. The molecule has 1 fully saturated rings. The summed E-state index contributed by atoms with van der Waals surface area (Å²) in [5.41, 5.74) is 0. The fraction of sp³-hybridized carbons (Fsp3) is 0.931. The first-order chi connectivity index (χ1) is 15.9. The zero-order chi connectivity index (χ0) is 28.5. The number of allylic oxidation sites excluding steroid dienone is 1. The molecule has 0 aliphatic carbocycles. The summed E-state index contributed by atoms with van der Waals surface area (Å²) >= 11 is 0. The van der Waals surface area contributed by atoms with Crippen molar-refractivity contribution in [3.05, 3.63) is 12.2 Å². The van der Waals surface area contributed by atoms with E-state index in [2.05, 4.69) is 128 Å². The molecule has 1 heterocycles. The van der Waals surface area contributed by atoms with Crippen molar-refractivity contribution in [2.45, 2.75) is 161 Å². The fourth-order valence-corrected chi connectivity index (χ4v) is 7.44. The van der Waals surface area contributed by atoms with Crippen LogP contribution in [0.3, 0.4) is 0 Å². The van der Waals surface area contributed by atoms with Gasteiger partial charge in [0.15, 0.2) is 25.0 Å². The second kappa shape index (κ2) is 11.8. The van der Waals surface area contributed by atoms with Gasteiger partial charge in [-0.2, -0.15) is 0 Å². The molecule has 0 N–H and O–H groups in total. The van der Waals surface area contributed by atoms with Gasteiger partial charge in [-0.05, 0) is 61.3 Å². The van der Waals surface area contributed by atoms with Crippen LogP contribution in [0, 0.1) is 5.92 Å². The molecule has 4 nitrogen and oxygen atoms in total. The van der Waals surface area contributed by atoms with Crippen LogP contribution in [0.4, 0.5) is 0 Å². The molecule has 0 amide bonds. The third-order valence-electron chi connectivity index (χ3n) is 9.62. The van der Waals surface area contributed by atoms with Crippen LogP contribution in [0.15, 0.2) is 12.2 Å². The predicted molar refractivity (Wildman–Crippen MR) is 165 cm³/mol. The lowest BCUT2D eigenvalue weighted by Crippen LogP contribution is -2.57.